The van der Waals surface area contributed by atoms with Crippen LogP contribution in [0.1, 0.15) is 29.7 Å². The van der Waals surface area contributed by atoms with Crippen molar-refractivity contribution in [3.63, 3.8) is 0 Å². The van der Waals surface area contributed by atoms with Crippen molar-refractivity contribution in [2.24, 2.45) is 5.73 Å². The largest absolute Gasteiger partial charge is 0.489 e. The predicted octanol–water partition coefficient (Wildman–Crippen LogP) is 4.81. The Balaban J connectivity index is 1.79. The van der Waals surface area contributed by atoms with Gasteiger partial charge in [-0.3, -0.25) is 0 Å². The third kappa shape index (κ3) is 2.94. The molecule has 2 nitrogen and oxygen atoms in total. The summed E-state index contributed by atoms with van der Waals surface area (Å²) < 4.78 is 7.30. The lowest BCUT2D eigenvalue weighted by Crippen LogP contribution is -2.05. The second-order valence-corrected chi connectivity index (χ2v) is 6.27. The molecule has 1 atom stereocenters. The van der Waals surface area contributed by atoms with Crippen LogP contribution in [0.5, 0.6) is 5.75 Å². The summed E-state index contributed by atoms with van der Waals surface area (Å²) in [6.45, 7) is 4.65. The van der Waals surface area contributed by atoms with E-state index in [-0.39, 0.29) is 6.04 Å². The molecule has 0 saturated carbocycles. The quantitative estimate of drug-likeness (QED) is 0.750. The number of hydrogen-bond donors (Lipinski definition) is 1. The number of benzene rings is 2. The van der Waals surface area contributed by atoms with Crippen molar-refractivity contribution in [3.8, 4) is 5.75 Å². The van der Waals surface area contributed by atoms with Gasteiger partial charge in [0.05, 0.1) is 0 Å². The van der Waals surface area contributed by atoms with Crippen molar-refractivity contribution >= 4 is 21.4 Å². The first kappa shape index (κ1) is 14.1. The van der Waals surface area contributed by atoms with Gasteiger partial charge in [0.1, 0.15) is 12.4 Å². The molecule has 0 saturated heterocycles. The minimum atomic E-state index is 0.0542. The topological polar surface area (TPSA) is 35.2 Å². The summed E-state index contributed by atoms with van der Waals surface area (Å²) in [7, 11) is 0. The zero-order valence-electron chi connectivity index (χ0n) is 12.3. The van der Waals surface area contributed by atoms with Gasteiger partial charge in [-0.25, -0.2) is 0 Å². The second kappa shape index (κ2) is 5.88. The summed E-state index contributed by atoms with van der Waals surface area (Å²) in [5.74, 6) is 0.926. The van der Waals surface area contributed by atoms with Gasteiger partial charge >= 0.3 is 0 Å². The third-order valence-corrected chi connectivity index (χ3v) is 4.68. The molecule has 0 fully saturated rings. The highest BCUT2D eigenvalue weighted by Gasteiger charge is 2.07. The number of nitrogens with two attached hydrogens (primary N) is 1. The summed E-state index contributed by atoms with van der Waals surface area (Å²) in [6.07, 6.45) is 0. The lowest BCUT2D eigenvalue weighted by Gasteiger charge is -2.12. The zero-order chi connectivity index (χ0) is 14.8. The number of rotatable bonds is 4. The molecule has 0 aliphatic carbocycles. The number of aryl methyl sites for hydroxylation is 1. The third-order valence-electron chi connectivity index (χ3n) is 3.67. The SMILES string of the molecule is Cc1cc(C(C)N)ccc1OCc1csc2ccccc12. The van der Waals surface area contributed by atoms with Crippen LogP contribution in [-0.4, -0.2) is 0 Å². The van der Waals surface area contributed by atoms with Gasteiger partial charge in [-0.2, -0.15) is 0 Å². The Labute approximate surface area is 129 Å². The molecular formula is C18H19NOS. The molecule has 21 heavy (non-hydrogen) atoms. The average molecular weight is 297 g/mol. The Hall–Kier alpha value is -1.84. The average Bonchev–Trinajstić information content (AvgIpc) is 2.89. The van der Waals surface area contributed by atoms with E-state index in [1.54, 1.807) is 11.3 Å². The first-order chi connectivity index (χ1) is 10.1. The molecule has 1 heterocycles. The number of fused-ring (bicyclic) bond motifs is 1. The van der Waals surface area contributed by atoms with E-state index in [2.05, 4.69) is 42.6 Å². The van der Waals surface area contributed by atoms with Crippen molar-refractivity contribution in [2.45, 2.75) is 26.5 Å². The monoisotopic (exact) mass is 297 g/mol. The van der Waals surface area contributed by atoms with Gasteiger partial charge < -0.3 is 10.5 Å². The van der Waals surface area contributed by atoms with E-state index < -0.39 is 0 Å². The Kier molecular flexibility index (Phi) is 3.95. The van der Waals surface area contributed by atoms with Crippen LogP contribution in [0.2, 0.25) is 0 Å². The highest BCUT2D eigenvalue weighted by Crippen LogP contribution is 2.28. The molecule has 0 aliphatic heterocycles. The molecule has 0 radical (unpaired) electrons. The van der Waals surface area contributed by atoms with E-state index in [1.165, 1.54) is 15.6 Å². The molecule has 3 aromatic rings. The van der Waals surface area contributed by atoms with Gasteiger partial charge in [-0.15, -0.1) is 11.3 Å². The maximum atomic E-state index is 5.99. The first-order valence-corrected chi connectivity index (χ1v) is 7.97. The highest BCUT2D eigenvalue weighted by molar-refractivity contribution is 7.17. The molecule has 108 valence electrons. The molecule has 1 unspecified atom stereocenters. The Bertz CT molecular complexity index is 761. The van der Waals surface area contributed by atoms with Crippen LogP contribution in [0.4, 0.5) is 0 Å². The van der Waals surface area contributed by atoms with E-state index in [4.69, 9.17) is 10.5 Å². The standard InChI is InChI=1S/C18H19NOS/c1-12-9-14(13(2)19)7-8-17(12)20-10-15-11-21-18-6-4-3-5-16(15)18/h3-9,11,13H,10,19H2,1-2H3. The molecule has 3 rings (SSSR count). The van der Waals surface area contributed by atoms with Crippen LogP contribution in [0.25, 0.3) is 10.1 Å². The number of thiophene rings is 1. The highest BCUT2D eigenvalue weighted by atomic mass is 32.1. The van der Waals surface area contributed by atoms with Crippen LogP contribution < -0.4 is 10.5 Å². The second-order valence-electron chi connectivity index (χ2n) is 5.36. The van der Waals surface area contributed by atoms with E-state index >= 15 is 0 Å². The van der Waals surface area contributed by atoms with Crippen LogP contribution in [0.3, 0.4) is 0 Å². The molecule has 2 N–H and O–H groups in total. The van der Waals surface area contributed by atoms with Crippen LogP contribution in [0, 0.1) is 6.92 Å². The summed E-state index contributed by atoms with van der Waals surface area (Å²) >= 11 is 1.76. The first-order valence-electron chi connectivity index (χ1n) is 7.09. The summed E-state index contributed by atoms with van der Waals surface area (Å²) in [4.78, 5) is 0. The van der Waals surface area contributed by atoms with Gasteiger partial charge in [-0.1, -0.05) is 30.3 Å². The van der Waals surface area contributed by atoms with Gasteiger partial charge in [0, 0.05) is 16.3 Å². The van der Waals surface area contributed by atoms with Gasteiger partial charge in [0.15, 0.2) is 0 Å². The molecular weight excluding hydrogens is 278 g/mol. The number of ether oxygens (including phenoxy) is 1. The van der Waals surface area contributed by atoms with Gasteiger partial charge in [-0.05, 0) is 47.9 Å². The van der Waals surface area contributed by atoms with Crippen molar-refractivity contribution < 1.29 is 4.74 Å². The van der Waals surface area contributed by atoms with Crippen molar-refractivity contribution in [3.05, 3.63) is 64.5 Å². The van der Waals surface area contributed by atoms with E-state index in [0.29, 0.717) is 6.61 Å². The lowest BCUT2D eigenvalue weighted by molar-refractivity contribution is 0.306. The fourth-order valence-electron chi connectivity index (χ4n) is 2.42. The van der Waals surface area contributed by atoms with E-state index in [1.807, 2.05) is 19.1 Å². The zero-order valence-corrected chi connectivity index (χ0v) is 13.1. The summed E-state index contributed by atoms with van der Waals surface area (Å²) in [5.41, 5.74) is 9.42. The van der Waals surface area contributed by atoms with Crippen LogP contribution >= 0.6 is 11.3 Å². The molecule has 3 heteroatoms. The Morgan fingerprint density at radius 1 is 1.19 bits per heavy atom. The maximum absolute atomic E-state index is 5.99. The van der Waals surface area contributed by atoms with E-state index in [9.17, 15) is 0 Å². The predicted molar refractivity (Wildman–Crippen MR) is 89.9 cm³/mol. The molecule has 0 amide bonds. The minimum Gasteiger partial charge on any atom is -0.489 e. The van der Waals surface area contributed by atoms with Crippen LogP contribution in [0.15, 0.2) is 47.8 Å². The molecule has 0 bridgehead atoms. The van der Waals surface area contributed by atoms with Gasteiger partial charge in [0.25, 0.3) is 0 Å². The minimum absolute atomic E-state index is 0.0542. The van der Waals surface area contributed by atoms with Crippen LogP contribution in [-0.2, 0) is 6.61 Å². The summed E-state index contributed by atoms with van der Waals surface area (Å²) in [5, 5.41) is 3.46. The van der Waals surface area contributed by atoms with Crippen molar-refractivity contribution in [1.29, 1.82) is 0 Å². The Morgan fingerprint density at radius 2 is 2.00 bits per heavy atom. The number of hydrogen-bond acceptors (Lipinski definition) is 3. The molecule has 2 aromatic carbocycles. The normalized spacial score (nSPS) is 12.5. The summed E-state index contributed by atoms with van der Waals surface area (Å²) in [6, 6.07) is 14.6. The fraction of sp³-hybridized carbons (Fsp3) is 0.222. The fourth-order valence-corrected chi connectivity index (χ4v) is 3.37. The van der Waals surface area contributed by atoms with Crippen molar-refractivity contribution in [1.82, 2.24) is 0 Å². The van der Waals surface area contributed by atoms with Crippen molar-refractivity contribution in [2.75, 3.05) is 0 Å². The lowest BCUT2D eigenvalue weighted by atomic mass is 10.1. The van der Waals surface area contributed by atoms with E-state index in [0.717, 1.165) is 16.9 Å². The molecule has 0 aliphatic rings. The van der Waals surface area contributed by atoms with Gasteiger partial charge in [0.2, 0.25) is 0 Å². The smallest absolute Gasteiger partial charge is 0.122 e. The molecule has 0 spiro atoms. The molecule has 1 aromatic heterocycles. The Morgan fingerprint density at radius 3 is 2.76 bits per heavy atom. The maximum Gasteiger partial charge on any atom is 0.122 e.